The Bertz CT molecular complexity index is 1050. The molecule has 6 heteroatoms. The zero-order chi connectivity index (χ0) is 21.0. The monoisotopic (exact) mass is 406 g/mol. The molecule has 3 aliphatic heterocycles. The van der Waals surface area contributed by atoms with Crippen LogP contribution in [0.5, 0.6) is 0 Å². The van der Waals surface area contributed by atoms with Crippen LogP contribution in [0.1, 0.15) is 36.0 Å². The first-order valence-electron chi connectivity index (χ1n) is 10.5. The number of para-hydroxylation sites is 1. The molecule has 2 bridgehead atoms. The first-order chi connectivity index (χ1) is 14.4. The fraction of sp³-hybridized carbons (Fsp3) is 0.333. The van der Waals surface area contributed by atoms with Crippen LogP contribution in [0.3, 0.4) is 0 Å². The largest absolute Gasteiger partial charge is 0.365 e. The smallest absolute Gasteiger partial charge is 0.258 e. The first-order valence-corrected chi connectivity index (χ1v) is 10.5. The van der Waals surface area contributed by atoms with E-state index >= 15 is 0 Å². The summed E-state index contributed by atoms with van der Waals surface area (Å²) in [6, 6.07) is 14.9. The molecular formula is C24H25FN3O2+. The molecular weight excluding hydrogens is 381 g/mol. The minimum absolute atomic E-state index is 0.00398. The molecule has 0 radical (unpaired) electrons. The van der Waals surface area contributed by atoms with E-state index < -0.39 is 5.91 Å². The maximum atomic E-state index is 13.8. The van der Waals surface area contributed by atoms with E-state index in [1.807, 2.05) is 12.1 Å². The fourth-order valence-electron chi connectivity index (χ4n) is 5.77. The highest BCUT2D eigenvalue weighted by Gasteiger charge is 2.53. The lowest BCUT2D eigenvalue weighted by Crippen LogP contribution is -2.57. The number of benzene rings is 2. The molecule has 0 spiro atoms. The van der Waals surface area contributed by atoms with E-state index in [0.717, 1.165) is 37.1 Å². The van der Waals surface area contributed by atoms with Crippen molar-refractivity contribution in [1.82, 2.24) is 9.38 Å². The topological polar surface area (TPSA) is 63.4 Å². The van der Waals surface area contributed by atoms with Crippen molar-refractivity contribution in [2.24, 2.45) is 5.73 Å². The SMILES string of the molecule is CN1C2CCC1CC([N+]1(c3ccc(F)cc3)C=C(C(N)=O)C(=O)c3ccccc31)C2. The summed E-state index contributed by atoms with van der Waals surface area (Å²) in [5.41, 5.74) is 7.81. The molecule has 154 valence electrons. The number of rotatable bonds is 3. The van der Waals surface area contributed by atoms with Crippen molar-refractivity contribution in [2.75, 3.05) is 7.05 Å². The number of primary amides is 1. The van der Waals surface area contributed by atoms with Gasteiger partial charge in [-0.1, -0.05) is 12.1 Å². The van der Waals surface area contributed by atoms with Crippen LogP contribution in [0.25, 0.3) is 0 Å². The van der Waals surface area contributed by atoms with Crippen molar-refractivity contribution in [3.05, 3.63) is 71.7 Å². The highest BCUT2D eigenvalue weighted by molar-refractivity contribution is 6.28. The van der Waals surface area contributed by atoms with E-state index in [9.17, 15) is 14.0 Å². The van der Waals surface area contributed by atoms with Gasteiger partial charge in [0.1, 0.15) is 29.3 Å². The molecule has 2 aromatic rings. The zero-order valence-corrected chi connectivity index (χ0v) is 16.9. The summed E-state index contributed by atoms with van der Waals surface area (Å²) in [6.45, 7) is 0. The molecule has 1 amide bonds. The van der Waals surface area contributed by atoms with Gasteiger partial charge >= 0.3 is 0 Å². The number of Topliss-reactive ketones (excluding diaryl/α,β-unsaturated/α-hetero) is 1. The van der Waals surface area contributed by atoms with Crippen molar-refractivity contribution >= 4 is 23.1 Å². The maximum absolute atomic E-state index is 13.8. The quantitative estimate of drug-likeness (QED) is 0.625. The third-order valence-corrected chi connectivity index (χ3v) is 7.29. The number of ketones is 1. The molecule has 30 heavy (non-hydrogen) atoms. The summed E-state index contributed by atoms with van der Waals surface area (Å²) in [7, 11) is 2.18. The number of halogens is 1. The molecule has 0 aromatic heterocycles. The average Bonchev–Trinajstić information content (AvgIpc) is 2.95. The Kier molecular flexibility index (Phi) is 4.38. The van der Waals surface area contributed by atoms with Gasteiger partial charge in [-0.15, -0.1) is 0 Å². The van der Waals surface area contributed by atoms with Crippen LogP contribution >= 0.6 is 0 Å². The van der Waals surface area contributed by atoms with E-state index in [4.69, 9.17) is 5.73 Å². The van der Waals surface area contributed by atoms with E-state index in [1.54, 1.807) is 30.5 Å². The van der Waals surface area contributed by atoms with Gasteiger partial charge < -0.3 is 5.73 Å². The van der Waals surface area contributed by atoms with E-state index in [2.05, 4.69) is 11.9 Å². The summed E-state index contributed by atoms with van der Waals surface area (Å²) in [6.07, 6.45) is 5.88. The highest BCUT2D eigenvalue weighted by Crippen LogP contribution is 2.50. The van der Waals surface area contributed by atoms with Crippen LogP contribution in [-0.2, 0) is 4.79 Å². The summed E-state index contributed by atoms with van der Waals surface area (Å²) in [5.74, 6) is -1.39. The van der Waals surface area contributed by atoms with Gasteiger partial charge in [-0.2, -0.15) is 0 Å². The molecule has 5 rings (SSSR count). The molecule has 3 unspecified atom stereocenters. The Labute approximate surface area is 175 Å². The van der Waals surface area contributed by atoms with Crippen LogP contribution in [0.2, 0.25) is 0 Å². The van der Waals surface area contributed by atoms with Crippen LogP contribution < -0.4 is 10.2 Å². The van der Waals surface area contributed by atoms with E-state index in [0.29, 0.717) is 17.6 Å². The number of carbonyl (C=O) groups is 2. The number of nitrogens with zero attached hydrogens (tertiary/aromatic N) is 2. The van der Waals surface area contributed by atoms with Gasteiger partial charge in [0.05, 0.1) is 5.56 Å². The fourth-order valence-corrected chi connectivity index (χ4v) is 5.77. The zero-order valence-electron chi connectivity index (χ0n) is 16.9. The molecule has 2 fully saturated rings. The second-order valence-electron chi connectivity index (χ2n) is 8.68. The second-order valence-corrected chi connectivity index (χ2v) is 8.68. The molecule has 2 saturated heterocycles. The summed E-state index contributed by atoms with van der Waals surface area (Å²) in [4.78, 5) is 27.8. The van der Waals surface area contributed by atoms with Crippen LogP contribution in [-0.4, -0.2) is 41.8 Å². The Morgan fingerprint density at radius 2 is 1.70 bits per heavy atom. The predicted molar refractivity (Wildman–Crippen MR) is 113 cm³/mol. The lowest BCUT2D eigenvalue weighted by Gasteiger charge is -2.48. The summed E-state index contributed by atoms with van der Waals surface area (Å²) in [5, 5.41) is 0. The minimum Gasteiger partial charge on any atom is -0.365 e. The number of piperidine rings is 1. The second kappa shape index (κ2) is 6.86. The highest BCUT2D eigenvalue weighted by atomic mass is 19.1. The third-order valence-electron chi connectivity index (χ3n) is 7.29. The van der Waals surface area contributed by atoms with Crippen LogP contribution in [0, 0.1) is 5.82 Å². The van der Waals surface area contributed by atoms with Crippen molar-refractivity contribution < 1.29 is 14.0 Å². The lowest BCUT2D eigenvalue weighted by atomic mass is 9.87. The average molecular weight is 406 g/mol. The molecule has 0 aliphatic carbocycles. The van der Waals surface area contributed by atoms with Gasteiger partial charge in [0.15, 0.2) is 5.69 Å². The van der Waals surface area contributed by atoms with Gasteiger partial charge in [-0.3, -0.25) is 14.5 Å². The molecule has 0 saturated carbocycles. The lowest BCUT2D eigenvalue weighted by molar-refractivity contribution is -0.114. The standard InChI is InChI=1S/C24H24FN3O2/c1-27-16-8-9-17(27)13-19(12-16)28(18-10-6-15(25)7-11-18)14-21(24(26)30)23(29)20-4-2-3-5-22(20)28/h2-7,10-11,14,16-17,19H,8-9,12-13H2,1H3,(H-,26,30)/p+1. The molecule has 3 atom stereocenters. The minimum atomic E-state index is -0.727. The number of quaternary nitrogens is 1. The number of hydrogen-bond donors (Lipinski definition) is 1. The van der Waals surface area contributed by atoms with Gasteiger partial charge in [0, 0.05) is 43.1 Å². The Morgan fingerprint density at radius 1 is 1.07 bits per heavy atom. The molecule has 3 heterocycles. The molecule has 2 aromatic carbocycles. The number of fused-ring (bicyclic) bond motifs is 3. The van der Waals surface area contributed by atoms with Crippen molar-refractivity contribution in [1.29, 1.82) is 0 Å². The van der Waals surface area contributed by atoms with E-state index in [1.165, 1.54) is 12.1 Å². The van der Waals surface area contributed by atoms with Gasteiger partial charge in [0.2, 0.25) is 5.78 Å². The normalized spacial score (nSPS) is 30.7. The summed E-state index contributed by atoms with van der Waals surface area (Å²) >= 11 is 0. The first kappa shape index (κ1) is 19.2. The number of carbonyl (C=O) groups excluding carboxylic acids is 2. The number of nitrogens with two attached hydrogens (primary N) is 1. The van der Waals surface area contributed by atoms with Crippen LogP contribution in [0.15, 0.2) is 60.3 Å². The van der Waals surface area contributed by atoms with Crippen molar-refractivity contribution in [3.63, 3.8) is 0 Å². The van der Waals surface area contributed by atoms with Crippen molar-refractivity contribution in [2.45, 2.75) is 43.8 Å². The Hall–Kier alpha value is -2.83. The Balaban J connectivity index is 1.78. The maximum Gasteiger partial charge on any atom is 0.258 e. The molecule has 3 aliphatic rings. The number of hydrogen-bond acceptors (Lipinski definition) is 3. The third kappa shape index (κ3) is 2.67. The Morgan fingerprint density at radius 3 is 2.33 bits per heavy atom. The predicted octanol–water partition coefficient (Wildman–Crippen LogP) is 3.66. The van der Waals surface area contributed by atoms with Crippen LogP contribution in [0.4, 0.5) is 15.8 Å². The van der Waals surface area contributed by atoms with E-state index in [-0.39, 0.29) is 27.7 Å². The van der Waals surface area contributed by atoms with Gasteiger partial charge in [0.25, 0.3) is 5.91 Å². The van der Waals surface area contributed by atoms with Gasteiger partial charge in [-0.05, 0) is 38.1 Å². The van der Waals surface area contributed by atoms with Gasteiger partial charge in [-0.25, -0.2) is 8.87 Å². The summed E-state index contributed by atoms with van der Waals surface area (Å²) < 4.78 is 14.0. The number of amides is 1. The molecule has 2 N–H and O–H groups in total. The van der Waals surface area contributed by atoms with Crippen molar-refractivity contribution in [3.8, 4) is 0 Å². The molecule has 5 nitrogen and oxygen atoms in total.